The number of hydrogen-bond acceptors (Lipinski definition) is 6. The van der Waals surface area contributed by atoms with Crippen molar-refractivity contribution in [2.75, 3.05) is 18.5 Å². The van der Waals surface area contributed by atoms with E-state index in [9.17, 15) is 9.59 Å². The zero-order valence-corrected chi connectivity index (χ0v) is 15.7. The highest BCUT2D eigenvalue weighted by Gasteiger charge is 2.37. The summed E-state index contributed by atoms with van der Waals surface area (Å²) in [5.41, 5.74) is 2.22. The zero-order valence-electron chi connectivity index (χ0n) is 14.1. The lowest BCUT2D eigenvalue weighted by atomic mass is 10.0. The number of amides is 2. The number of anilines is 1. The maximum atomic E-state index is 13.0. The summed E-state index contributed by atoms with van der Waals surface area (Å²) in [6.07, 6.45) is 1.72. The van der Waals surface area contributed by atoms with Gasteiger partial charge in [0.2, 0.25) is 19.5 Å². The van der Waals surface area contributed by atoms with Crippen molar-refractivity contribution in [1.29, 1.82) is 0 Å². The van der Waals surface area contributed by atoms with E-state index in [4.69, 9.17) is 18.9 Å². The van der Waals surface area contributed by atoms with E-state index in [1.54, 1.807) is 30.3 Å². The van der Waals surface area contributed by atoms with Crippen molar-refractivity contribution < 1.29 is 28.5 Å². The van der Waals surface area contributed by atoms with Crippen LogP contribution in [0.3, 0.4) is 0 Å². The predicted octanol–water partition coefficient (Wildman–Crippen LogP) is 3.34. The molecular formula is C19H12BrNO6. The first-order valence-corrected chi connectivity index (χ1v) is 8.92. The van der Waals surface area contributed by atoms with E-state index in [1.807, 2.05) is 0 Å². The number of hydrogen-bond donors (Lipinski definition) is 0. The third kappa shape index (κ3) is 2.40. The molecule has 27 heavy (non-hydrogen) atoms. The van der Waals surface area contributed by atoms with Crippen LogP contribution in [0.25, 0.3) is 11.6 Å². The van der Waals surface area contributed by atoms with Gasteiger partial charge in [-0.05, 0) is 29.8 Å². The first-order valence-electron chi connectivity index (χ1n) is 8.13. The molecule has 0 bridgehead atoms. The van der Waals surface area contributed by atoms with E-state index in [2.05, 4.69) is 15.9 Å². The van der Waals surface area contributed by atoms with Crippen molar-refractivity contribution in [1.82, 2.24) is 0 Å². The highest BCUT2D eigenvalue weighted by atomic mass is 79.9. The molecule has 5 rings (SSSR count). The van der Waals surface area contributed by atoms with Gasteiger partial charge in [-0.1, -0.05) is 15.9 Å². The largest absolute Gasteiger partial charge is 0.454 e. The Morgan fingerprint density at radius 1 is 1.00 bits per heavy atom. The SMILES string of the molecule is CC(=O)N1C(=O)/C(=C/c2cc3c(cc2Br)OCO3)c2cc3c(cc21)OCO3. The molecule has 0 spiro atoms. The van der Waals surface area contributed by atoms with Crippen molar-refractivity contribution in [3.63, 3.8) is 0 Å². The molecule has 136 valence electrons. The van der Waals surface area contributed by atoms with E-state index < -0.39 is 5.91 Å². The van der Waals surface area contributed by atoms with Gasteiger partial charge in [0, 0.05) is 23.0 Å². The molecule has 0 saturated heterocycles. The van der Waals surface area contributed by atoms with Crippen LogP contribution in [-0.4, -0.2) is 25.4 Å². The van der Waals surface area contributed by atoms with Crippen LogP contribution in [0.15, 0.2) is 28.7 Å². The minimum absolute atomic E-state index is 0.110. The Morgan fingerprint density at radius 3 is 2.26 bits per heavy atom. The lowest BCUT2D eigenvalue weighted by molar-refractivity contribution is -0.122. The predicted molar refractivity (Wildman–Crippen MR) is 98.9 cm³/mol. The van der Waals surface area contributed by atoms with E-state index in [0.29, 0.717) is 39.8 Å². The van der Waals surface area contributed by atoms with Gasteiger partial charge in [0.1, 0.15) is 0 Å². The van der Waals surface area contributed by atoms with Gasteiger partial charge >= 0.3 is 0 Å². The summed E-state index contributed by atoms with van der Waals surface area (Å²) in [5.74, 6) is 1.53. The molecule has 8 heteroatoms. The van der Waals surface area contributed by atoms with Gasteiger partial charge in [0.25, 0.3) is 5.91 Å². The van der Waals surface area contributed by atoms with Gasteiger partial charge in [0.05, 0.1) is 11.3 Å². The molecule has 3 aliphatic heterocycles. The minimum Gasteiger partial charge on any atom is -0.454 e. The standard InChI is InChI=1S/C19H12BrNO6/c1-9(22)21-14-6-18-16(25-8-27-18)4-11(14)12(19(21)23)2-10-3-15-17(5-13(10)20)26-7-24-15/h2-6H,7-8H2,1H3/b12-2+. The van der Waals surface area contributed by atoms with Crippen LogP contribution >= 0.6 is 15.9 Å². The van der Waals surface area contributed by atoms with Crippen LogP contribution < -0.4 is 23.8 Å². The Bertz CT molecular complexity index is 1060. The van der Waals surface area contributed by atoms with E-state index in [1.165, 1.54) is 6.92 Å². The number of nitrogens with zero attached hydrogens (tertiary/aromatic N) is 1. The van der Waals surface area contributed by atoms with Crippen LogP contribution in [0.4, 0.5) is 5.69 Å². The van der Waals surface area contributed by atoms with E-state index in [-0.39, 0.29) is 19.5 Å². The summed E-state index contributed by atoms with van der Waals surface area (Å²) in [4.78, 5) is 26.2. The molecule has 0 aromatic heterocycles. The summed E-state index contributed by atoms with van der Waals surface area (Å²) < 4.78 is 22.3. The van der Waals surface area contributed by atoms with E-state index >= 15 is 0 Å². The smallest absolute Gasteiger partial charge is 0.265 e. The third-order valence-electron chi connectivity index (χ3n) is 4.56. The number of ether oxygens (including phenoxy) is 4. The summed E-state index contributed by atoms with van der Waals surface area (Å²) >= 11 is 3.49. The Labute approximate surface area is 162 Å². The molecule has 2 amide bonds. The van der Waals surface area contributed by atoms with Gasteiger partial charge in [0.15, 0.2) is 23.0 Å². The summed E-state index contributed by atoms with van der Waals surface area (Å²) in [5, 5.41) is 0. The fourth-order valence-corrected chi connectivity index (χ4v) is 3.76. The monoisotopic (exact) mass is 429 g/mol. The number of fused-ring (bicyclic) bond motifs is 3. The van der Waals surface area contributed by atoms with Crippen LogP contribution in [0, 0.1) is 0 Å². The molecule has 7 nitrogen and oxygen atoms in total. The number of carbonyl (C=O) groups is 2. The van der Waals surface area contributed by atoms with Gasteiger partial charge < -0.3 is 18.9 Å². The summed E-state index contributed by atoms with van der Waals surface area (Å²) in [7, 11) is 0. The maximum absolute atomic E-state index is 13.0. The molecule has 0 aliphatic carbocycles. The molecule has 0 saturated carbocycles. The highest BCUT2D eigenvalue weighted by Crippen LogP contribution is 2.47. The molecule has 0 atom stereocenters. The van der Waals surface area contributed by atoms with Crippen LogP contribution in [-0.2, 0) is 9.59 Å². The van der Waals surface area contributed by atoms with Crippen molar-refractivity contribution in [3.8, 4) is 23.0 Å². The molecule has 2 aromatic rings. The first kappa shape index (κ1) is 16.2. The third-order valence-corrected chi connectivity index (χ3v) is 5.25. The fourth-order valence-electron chi connectivity index (χ4n) is 3.33. The first-order chi connectivity index (χ1) is 13.0. The lowest BCUT2D eigenvalue weighted by Crippen LogP contribution is -2.31. The molecule has 3 aliphatic rings. The number of halogens is 1. The average molecular weight is 430 g/mol. The molecule has 3 heterocycles. The second-order valence-electron chi connectivity index (χ2n) is 6.17. The molecular weight excluding hydrogens is 418 g/mol. The lowest BCUT2D eigenvalue weighted by Gasteiger charge is -2.12. The fraction of sp³-hybridized carbons (Fsp3) is 0.158. The summed E-state index contributed by atoms with van der Waals surface area (Å²) in [6.45, 7) is 1.62. The van der Waals surface area contributed by atoms with Gasteiger partial charge in [-0.3, -0.25) is 9.59 Å². The van der Waals surface area contributed by atoms with Crippen molar-refractivity contribution >= 4 is 45.1 Å². The zero-order chi connectivity index (χ0) is 18.7. The van der Waals surface area contributed by atoms with Gasteiger partial charge in [-0.25, -0.2) is 4.90 Å². The number of benzene rings is 2. The molecule has 0 radical (unpaired) electrons. The van der Waals surface area contributed by atoms with Crippen LogP contribution in [0.5, 0.6) is 23.0 Å². The molecule has 2 aromatic carbocycles. The normalized spacial score (nSPS) is 17.6. The van der Waals surface area contributed by atoms with Crippen LogP contribution in [0.2, 0.25) is 0 Å². The van der Waals surface area contributed by atoms with Crippen molar-refractivity contribution in [2.24, 2.45) is 0 Å². The number of imide groups is 1. The number of rotatable bonds is 1. The average Bonchev–Trinajstić information content (AvgIpc) is 3.31. The number of carbonyl (C=O) groups excluding carboxylic acids is 2. The molecule has 0 fully saturated rings. The Hall–Kier alpha value is -3.00. The quantitative estimate of drug-likeness (QED) is 0.647. The van der Waals surface area contributed by atoms with Crippen molar-refractivity contribution in [2.45, 2.75) is 6.92 Å². The Morgan fingerprint density at radius 2 is 1.59 bits per heavy atom. The Kier molecular flexibility index (Phi) is 3.45. The topological polar surface area (TPSA) is 74.3 Å². The van der Waals surface area contributed by atoms with Gasteiger partial charge in [-0.2, -0.15) is 0 Å². The highest BCUT2D eigenvalue weighted by molar-refractivity contribution is 9.10. The maximum Gasteiger partial charge on any atom is 0.265 e. The molecule has 0 unspecified atom stereocenters. The molecule has 0 N–H and O–H groups in total. The minimum atomic E-state index is -0.397. The Balaban J connectivity index is 1.68. The van der Waals surface area contributed by atoms with Crippen molar-refractivity contribution in [3.05, 3.63) is 39.9 Å². The van der Waals surface area contributed by atoms with E-state index in [0.717, 1.165) is 14.9 Å². The summed E-state index contributed by atoms with van der Waals surface area (Å²) in [6, 6.07) is 6.96. The second-order valence-corrected chi connectivity index (χ2v) is 7.02. The second kappa shape index (κ2) is 5.75. The van der Waals surface area contributed by atoms with Crippen LogP contribution in [0.1, 0.15) is 18.1 Å². The van der Waals surface area contributed by atoms with Gasteiger partial charge in [-0.15, -0.1) is 0 Å².